The van der Waals surface area contributed by atoms with Crippen molar-refractivity contribution in [1.29, 1.82) is 0 Å². The summed E-state index contributed by atoms with van der Waals surface area (Å²) in [5.74, 6) is -1.05. The predicted molar refractivity (Wildman–Crippen MR) is 167 cm³/mol. The van der Waals surface area contributed by atoms with Gasteiger partial charge in [0.15, 0.2) is 0 Å². The third-order valence-electron chi connectivity index (χ3n) is 7.34. The van der Waals surface area contributed by atoms with Gasteiger partial charge in [0.1, 0.15) is 12.6 Å². The molecule has 0 saturated heterocycles. The van der Waals surface area contributed by atoms with Crippen LogP contribution in [0.2, 0.25) is 10.0 Å². The molecule has 3 aromatic rings. The van der Waals surface area contributed by atoms with Gasteiger partial charge in [0.2, 0.25) is 21.8 Å². The highest BCUT2D eigenvalue weighted by Gasteiger charge is 2.34. The number of nitro benzene ring substituents is 1. The van der Waals surface area contributed by atoms with Crippen LogP contribution >= 0.6 is 23.2 Å². The van der Waals surface area contributed by atoms with Crippen molar-refractivity contribution in [1.82, 2.24) is 10.2 Å². The molecule has 0 radical (unpaired) electrons. The highest BCUT2D eigenvalue weighted by atomic mass is 35.5. The number of amides is 2. The minimum Gasteiger partial charge on any atom is -0.352 e. The smallest absolute Gasteiger partial charge is 0.271 e. The third kappa shape index (κ3) is 8.68. The summed E-state index contributed by atoms with van der Waals surface area (Å²) in [6.45, 7) is -0.815. The van der Waals surface area contributed by atoms with Gasteiger partial charge in [0, 0.05) is 41.2 Å². The SMILES string of the molecule is CS(=O)(=O)N(CC(=O)N(Cc1ccc(Cl)cc1Cl)[C@@H](Cc1ccccc1)C(=O)NC1CCCC1)c1cccc([N+](=O)[O-])c1. The van der Waals surface area contributed by atoms with Gasteiger partial charge in [-0.15, -0.1) is 0 Å². The first-order valence-electron chi connectivity index (χ1n) is 13.7. The minimum absolute atomic E-state index is 0.0285. The molecule has 228 valence electrons. The van der Waals surface area contributed by atoms with Crippen molar-refractivity contribution in [2.45, 2.75) is 50.7 Å². The summed E-state index contributed by atoms with van der Waals surface area (Å²) < 4.78 is 26.6. The molecular weight excluding hydrogens is 615 g/mol. The number of nitro groups is 1. The highest BCUT2D eigenvalue weighted by molar-refractivity contribution is 7.92. The van der Waals surface area contributed by atoms with E-state index in [1.165, 1.54) is 29.2 Å². The number of benzene rings is 3. The summed E-state index contributed by atoms with van der Waals surface area (Å²) in [5, 5.41) is 15.1. The monoisotopic (exact) mass is 646 g/mol. The summed E-state index contributed by atoms with van der Waals surface area (Å²) in [4.78, 5) is 40.1. The summed E-state index contributed by atoms with van der Waals surface area (Å²) in [6, 6.07) is 18.0. The van der Waals surface area contributed by atoms with Crippen LogP contribution in [-0.4, -0.2) is 54.9 Å². The Morgan fingerprint density at radius 2 is 1.72 bits per heavy atom. The maximum absolute atomic E-state index is 14.2. The van der Waals surface area contributed by atoms with Gasteiger partial charge in [-0.2, -0.15) is 0 Å². The molecular formula is C30H32Cl2N4O6S. The summed E-state index contributed by atoms with van der Waals surface area (Å²) in [5.41, 5.74) is 0.922. The van der Waals surface area contributed by atoms with Crippen LogP contribution in [0, 0.1) is 10.1 Å². The van der Waals surface area contributed by atoms with Crippen LogP contribution in [0.3, 0.4) is 0 Å². The zero-order chi connectivity index (χ0) is 31.1. The Kier molecular flexibility index (Phi) is 10.6. The average Bonchev–Trinajstić information content (AvgIpc) is 3.47. The van der Waals surface area contributed by atoms with E-state index in [9.17, 15) is 28.1 Å². The van der Waals surface area contributed by atoms with Crippen molar-refractivity contribution in [2.24, 2.45) is 0 Å². The molecule has 13 heteroatoms. The second-order valence-electron chi connectivity index (χ2n) is 10.5. The molecule has 43 heavy (non-hydrogen) atoms. The maximum atomic E-state index is 14.2. The molecule has 1 saturated carbocycles. The number of hydrogen-bond donors (Lipinski definition) is 1. The highest BCUT2D eigenvalue weighted by Crippen LogP contribution is 2.27. The number of anilines is 1. The zero-order valence-electron chi connectivity index (χ0n) is 23.5. The summed E-state index contributed by atoms with van der Waals surface area (Å²) >= 11 is 12.6. The molecule has 2 amide bonds. The van der Waals surface area contributed by atoms with Crippen molar-refractivity contribution in [3.8, 4) is 0 Å². The Labute approximate surface area is 260 Å². The van der Waals surface area contributed by atoms with Crippen LogP contribution in [0.5, 0.6) is 0 Å². The van der Waals surface area contributed by atoms with Gasteiger partial charge < -0.3 is 10.2 Å². The lowest BCUT2D eigenvalue weighted by Gasteiger charge is -2.34. The van der Waals surface area contributed by atoms with Crippen molar-refractivity contribution in [3.63, 3.8) is 0 Å². The van der Waals surface area contributed by atoms with Crippen LogP contribution in [0.25, 0.3) is 0 Å². The fourth-order valence-corrected chi connectivity index (χ4v) is 6.44. The first kappa shape index (κ1) is 32.2. The lowest BCUT2D eigenvalue weighted by Crippen LogP contribution is -2.54. The number of carbonyl (C=O) groups excluding carboxylic acids is 2. The van der Waals surface area contributed by atoms with Crippen LogP contribution in [0.15, 0.2) is 72.8 Å². The number of nitrogens with zero attached hydrogens (tertiary/aromatic N) is 3. The van der Waals surface area contributed by atoms with E-state index in [2.05, 4.69) is 5.32 Å². The quantitative estimate of drug-likeness (QED) is 0.208. The van der Waals surface area contributed by atoms with Gasteiger partial charge in [-0.05, 0) is 42.2 Å². The number of rotatable bonds is 12. The molecule has 0 heterocycles. The van der Waals surface area contributed by atoms with Crippen LogP contribution in [0.4, 0.5) is 11.4 Å². The average molecular weight is 648 g/mol. The number of non-ortho nitro benzene ring substituents is 1. The molecule has 0 aromatic heterocycles. The predicted octanol–water partition coefficient (Wildman–Crippen LogP) is 5.37. The number of sulfonamides is 1. The fourth-order valence-electron chi connectivity index (χ4n) is 5.13. The number of carbonyl (C=O) groups is 2. The first-order chi connectivity index (χ1) is 20.4. The Bertz CT molecular complexity index is 1580. The van der Waals surface area contributed by atoms with Crippen molar-refractivity contribution >= 4 is 56.4 Å². The molecule has 0 bridgehead atoms. The standard InChI is InChI=1S/C30H32Cl2N4O6S/c1-43(41,42)35(25-12-7-13-26(18-25)36(39)40)20-29(37)34(19-22-14-15-23(31)17-27(22)32)28(16-21-8-3-2-4-9-21)30(38)33-24-10-5-6-11-24/h2-4,7-9,12-15,17-18,24,28H,5-6,10-11,16,19-20H2,1H3,(H,33,38)/t28-/m0/s1. The van der Waals surface area contributed by atoms with Gasteiger partial charge in [0.05, 0.1) is 16.9 Å². The van der Waals surface area contributed by atoms with Gasteiger partial charge >= 0.3 is 0 Å². The molecule has 1 N–H and O–H groups in total. The topological polar surface area (TPSA) is 130 Å². The second-order valence-corrected chi connectivity index (χ2v) is 13.2. The van der Waals surface area contributed by atoms with E-state index in [0.29, 0.717) is 10.6 Å². The second kappa shape index (κ2) is 14.2. The molecule has 0 aliphatic heterocycles. The molecule has 4 rings (SSSR count). The lowest BCUT2D eigenvalue weighted by atomic mass is 10.0. The molecule has 0 spiro atoms. The van der Waals surface area contributed by atoms with Gasteiger partial charge in [-0.1, -0.05) is 78.5 Å². The maximum Gasteiger partial charge on any atom is 0.271 e. The number of halogens is 2. The van der Waals surface area contributed by atoms with Crippen LogP contribution in [0.1, 0.15) is 36.8 Å². The first-order valence-corrected chi connectivity index (χ1v) is 16.3. The van der Waals surface area contributed by atoms with E-state index >= 15 is 0 Å². The van der Waals surface area contributed by atoms with E-state index in [4.69, 9.17) is 23.2 Å². The fraction of sp³-hybridized carbons (Fsp3) is 0.333. The Morgan fingerprint density at radius 1 is 1.02 bits per heavy atom. The van der Waals surface area contributed by atoms with Gasteiger partial charge in [0.25, 0.3) is 5.69 Å². The Hall–Kier alpha value is -3.67. The molecule has 1 aliphatic rings. The number of nitrogens with one attached hydrogen (secondary N) is 1. The van der Waals surface area contributed by atoms with Crippen LogP contribution in [-0.2, 0) is 32.6 Å². The molecule has 10 nitrogen and oxygen atoms in total. The third-order valence-corrected chi connectivity index (χ3v) is 9.06. The van der Waals surface area contributed by atoms with Gasteiger partial charge in [-0.3, -0.25) is 24.0 Å². The lowest BCUT2D eigenvalue weighted by molar-refractivity contribution is -0.384. The number of hydrogen-bond acceptors (Lipinski definition) is 6. The van der Waals surface area contributed by atoms with E-state index < -0.39 is 33.4 Å². The summed E-state index contributed by atoms with van der Waals surface area (Å²) in [7, 11) is -4.08. The van der Waals surface area contributed by atoms with Crippen molar-refractivity contribution in [3.05, 3.63) is 104 Å². The molecule has 0 unspecified atom stereocenters. The van der Waals surface area contributed by atoms with E-state index in [-0.39, 0.29) is 41.3 Å². The Balaban J connectivity index is 1.76. The van der Waals surface area contributed by atoms with E-state index in [1.54, 1.807) is 12.1 Å². The molecule has 1 atom stereocenters. The van der Waals surface area contributed by atoms with Crippen molar-refractivity contribution in [2.75, 3.05) is 17.1 Å². The zero-order valence-corrected chi connectivity index (χ0v) is 25.8. The van der Waals surface area contributed by atoms with Crippen molar-refractivity contribution < 1.29 is 22.9 Å². The summed E-state index contributed by atoms with van der Waals surface area (Å²) in [6.07, 6.45) is 4.71. The molecule has 1 aliphatic carbocycles. The van der Waals surface area contributed by atoms with E-state index in [0.717, 1.165) is 47.9 Å². The van der Waals surface area contributed by atoms with E-state index in [1.807, 2.05) is 30.3 Å². The van der Waals surface area contributed by atoms with Crippen LogP contribution < -0.4 is 9.62 Å². The molecule has 1 fully saturated rings. The largest absolute Gasteiger partial charge is 0.352 e. The molecule has 3 aromatic carbocycles. The van der Waals surface area contributed by atoms with Gasteiger partial charge in [-0.25, -0.2) is 8.42 Å². The normalized spacial score (nSPS) is 14.2. The minimum atomic E-state index is -4.08. The Morgan fingerprint density at radius 3 is 2.35 bits per heavy atom.